The van der Waals surface area contributed by atoms with Gasteiger partial charge in [-0.25, -0.2) is 0 Å². The lowest BCUT2D eigenvalue weighted by atomic mass is 10.1. The molecule has 0 radical (unpaired) electrons. The highest BCUT2D eigenvalue weighted by atomic mass is 35.5. The van der Waals surface area contributed by atoms with Crippen molar-refractivity contribution >= 4 is 18.3 Å². The van der Waals surface area contributed by atoms with Crippen LogP contribution in [0.5, 0.6) is 0 Å². The molecule has 2 rings (SSSR count). The summed E-state index contributed by atoms with van der Waals surface area (Å²) in [6, 6.07) is 0.691. The van der Waals surface area contributed by atoms with E-state index in [4.69, 9.17) is 4.74 Å². The summed E-state index contributed by atoms with van der Waals surface area (Å²) in [4.78, 5) is 14.7. The Morgan fingerprint density at radius 3 is 2.60 bits per heavy atom. The van der Waals surface area contributed by atoms with Gasteiger partial charge in [0, 0.05) is 31.6 Å². The first-order valence-corrected chi connectivity index (χ1v) is 7.77. The monoisotopic (exact) mass is 304 g/mol. The smallest absolute Gasteiger partial charge is 0.224 e. The lowest BCUT2D eigenvalue weighted by Gasteiger charge is -2.33. The first-order valence-electron chi connectivity index (χ1n) is 7.77. The number of halogens is 1. The Bertz CT molecular complexity index is 288. The molecule has 1 aliphatic heterocycles. The van der Waals surface area contributed by atoms with Gasteiger partial charge >= 0.3 is 0 Å². The van der Waals surface area contributed by atoms with E-state index in [1.807, 2.05) is 0 Å². The van der Waals surface area contributed by atoms with Crippen molar-refractivity contribution in [3.8, 4) is 0 Å². The second kappa shape index (κ2) is 8.85. The number of carbonyl (C=O) groups excluding carboxylic acids is 1. The van der Waals surface area contributed by atoms with Gasteiger partial charge in [-0.05, 0) is 18.8 Å². The molecule has 2 aliphatic rings. The quantitative estimate of drug-likeness (QED) is 0.847. The van der Waals surface area contributed by atoms with Crippen molar-refractivity contribution < 1.29 is 9.53 Å². The molecule has 0 bridgehead atoms. The van der Waals surface area contributed by atoms with E-state index in [9.17, 15) is 4.79 Å². The van der Waals surface area contributed by atoms with Gasteiger partial charge in [-0.3, -0.25) is 4.79 Å². The highest BCUT2D eigenvalue weighted by molar-refractivity contribution is 5.85. The Labute approximate surface area is 129 Å². The van der Waals surface area contributed by atoms with Crippen LogP contribution in [0.25, 0.3) is 0 Å². The minimum Gasteiger partial charge on any atom is -0.378 e. The van der Waals surface area contributed by atoms with Crippen molar-refractivity contribution in [2.24, 2.45) is 5.92 Å². The summed E-state index contributed by atoms with van der Waals surface area (Å²) in [5.74, 6) is 0.851. The fourth-order valence-corrected chi connectivity index (χ4v) is 3.14. The molecule has 20 heavy (non-hydrogen) atoms. The van der Waals surface area contributed by atoms with E-state index in [1.165, 1.54) is 25.7 Å². The first-order chi connectivity index (χ1) is 9.16. The summed E-state index contributed by atoms with van der Waals surface area (Å²) >= 11 is 0. The summed E-state index contributed by atoms with van der Waals surface area (Å²) < 4.78 is 5.44. The predicted molar refractivity (Wildman–Crippen MR) is 83.3 cm³/mol. The maximum Gasteiger partial charge on any atom is 0.224 e. The van der Waals surface area contributed by atoms with Gasteiger partial charge in [0.25, 0.3) is 0 Å². The van der Waals surface area contributed by atoms with Gasteiger partial charge in [0.1, 0.15) is 0 Å². The van der Waals surface area contributed by atoms with Gasteiger partial charge < -0.3 is 15.0 Å². The van der Waals surface area contributed by atoms with Crippen molar-refractivity contribution in [2.45, 2.75) is 58.0 Å². The summed E-state index contributed by atoms with van der Waals surface area (Å²) in [6.07, 6.45) is 5.51. The van der Waals surface area contributed by atoms with E-state index in [1.54, 1.807) is 0 Å². The standard InChI is InChI=1S/C15H28N2O2.ClH/c1-12(2)10-17(14-5-3-4-6-14)15(18)9-13-11-19-8-7-16-13;/h12-14,16H,3-11H2,1-2H3;1H. The van der Waals surface area contributed by atoms with Gasteiger partial charge in [-0.15, -0.1) is 12.4 Å². The number of ether oxygens (including phenoxy) is 1. The molecule has 0 aromatic rings. The topological polar surface area (TPSA) is 41.6 Å². The fraction of sp³-hybridized carbons (Fsp3) is 0.933. The predicted octanol–water partition coefficient (Wildman–Crippen LogP) is 2.21. The summed E-state index contributed by atoms with van der Waals surface area (Å²) in [5.41, 5.74) is 0. The SMILES string of the molecule is CC(C)CN(C(=O)CC1COCCN1)C1CCCC1.Cl. The van der Waals surface area contributed by atoms with Crippen molar-refractivity contribution in [2.75, 3.05) is 26.3 Å². The van der Waals surface area contributed by atoms with Crippen LogP contribution in [-0.4, -0.2) is 49.2 Å². The first kappa shape index (κ1) is 17.7. The maximum atomic E-state index is 12.6. The van der Waals surface area contributed by atoms with Crippen LogP contribution in [0.15, 0.2) is 0 Å². The Hall–Kier alpha value is -0.320. The molecule has 1 atom stereocenters. The van der Waals surface area contributed by atoms with Crippen LogP contribution in [-0.2, 0) is 9.53 Å². The lowest BCUT2D eigenvalue weighted by molar-refractivity contribution is -0.135. The molecule has 118 valence electrons. The van der Waals surface area contributed by atoms with Crippen LogP contribution < -0.4 is 5.32 Å². The normalized spacial score (nSPS) is 23.6. The van der Waals surface area contributed by atoms with E-state index < -0.39 is 0 Å². The molecular formula is C15H29ClN2O2. The van der Waals surface area contributed by atoms with Gasteiger partial charge in [0.2, 0.25) is 5.91 Å². The van der Waals surface area contributed by atoms with Crippen LogP contribution in [0, 0.1) is 5.92 Å². The molecule has 1 unspecified atom stereocenters. The molecule has 1 saturated heterocycles. The minimum atomic E-state index is 0. The third-order valence-electron chi connectivity index (χ3n) is 4.07. The van der Waals surface area contributed by atoms with E-state index in [-0.39, 0.29) is 18.4 Å². The molecule has 1 heterocycles. The van der Waals surface area contributed by atoms with Crippen LogP contribution in [0.1, 0.15) is 46.0 Å². The van der Waals surface area contributed by atoms with Crippen LogP contribution >= 0.6 is 12.4 Å². The van der Waals surface area contributed by atoms with E-state index in [2.05, 4.69) is 24.1 Å². The number of carbonyl (C=O) groups is 1. The Morgan fingerprint density at radius 1 is 1.35 bits per heavy atom. The van der Waals surface area contributed by atoms with Crippen LogP contribution in [0.2, 0.25) is 0 Å². The number of hydrogen-bond acceptors (Lipinski definition) is 3. The van der Waals surface area contributed by atoms with Gasteiger partial charge in [0.05, 0.1) is 13.2 Å². The number of rotatable bonds is 5. The molecule has 0 aromatic heterocycles. The Kier molecular flexibility index (Phi) is 7.85. The van der Waals surface area contributed by atoms with Gasteiger partial charge in [-0.1, -0.05) is 26.7 Å². The number of morpholine rings is 1. The number of nitrogens with zero attached hydrogens (tertiary/aromatic N) is 1. The van der Waals surface area contributed by atoms with E-state index in [0.717, 1.165) is 19.7 Å². The third-order valence-corrected chi connectivity index (χ3v) is 4.07. The third kappa shape index (κ3) is 5.23. The highest BCUT2D eigenvalue weighted by Crippen LogP contribution is 2.25. The molecule has 5 heteroatoms. The number of nitrogens with one attached hydrogen (secondary N) is 1. The minimum absolute atomic E-state index is 0. The number of hydrogen-bond donors (Lipinski definition) is 1. The number of amides is 1. The van der Waals surface area contributed by atoms with Crippen LogP contribution in [0.4, 0.5) is 0 Å². The van der Waals surface area contributed by atoms with E-state index >= 15 is 0 Å². The molecule has 0 aromatic carbocycles. The highest BCUT2D eigenvalue weighted by Gasteiger charge is 2.29. The van der Waals surface area contributed by atoms with Crippen LogP contribution in [0.3, 0.4) is 0 Å². The largest absolute Gasteiger partial charge is 0.378 e. The van der Waals surface area contributed by atoms with Crippen molar-refractivity contribution in [1.29, 1.82) is 0 Å². The zero-order valence-electron chi connectivity index (χ0n) is 12.8. The zero-order valence-corrected chi connectivity index (χ0v) is 13.6. The molecule has 4 nitrogen and oxygen atoms in total. The summed E-state index contributed by atoms with van der Waals surface area (Å²) in [5, 5.41) is 3.38. The zero-order chi connectivity index (χ0) is 13.7. The van der Waals surface area contributed by atoms with Crippen molar-refractivity contribution in [3.05, 3.63) is 0 Å². The summed E-state index contributed by atoms with van der Waals surface area (Å²) in [6.45, 7) is 7.59. The fourth-order valence-electron chi connectivity index (χ4n) is 3.14. The lowest BCUT2D eigenvalue weighted by Crippen LogP contribution is -2.47. The Balaban J connectivity index is 0.00000200. The molecule has 1 N–H and O–H groups in total. The average Bonchev–Trinajstić information content (AvgIpc) is 2.90. The molecule has 2 fully saturated rings. The Morgan fingerprint density at radius 2 is 2.05 bits per heavy atom. The summed E-state index contributed by atoms with van der Waals surface area (Å²) in [7, 11) is 0. The molecule has 1 amide bonds. The maximum absolute atomic E-state index is 12.6. The second-order valence-electron chi connectivity index (χ2n) is 6.31. The van der Waals surface area contributed by atoms with Crippen molar-refractivity contribution in [3.63, 3.8) is 0 Å². The van der Waals surface area contributed by atoms with Gasteiger partial charge in [-0.2, -0.15) is 0 Å². The molecule has 1 saturated carbocycles. The molecular weight excluding hydrogens is 276 g/mol. The van der Waals surface area contributed by atoms with Gasteiger partial charge in [0.15, 0.2) is 0 Å². The van der Waals surface area contributed by atoms with E-state index in [0.29, 0.717) is 30.9 Å². The van der Waals surface area contributed by atoms with Crippen molar-refractivity contribution in [1.82, 2.24) is 10.2 Å². The molecule has 1 aliphatic carbocycles. The molecule has 0 spiro atoms. The second-order valence-corrected chi connectivity index (χ2v) is 6.31. The average molecular weight is 305 g/mol.